The van der Waals surface area contributed by atoms with Crippen LogP contribution in [0.1, 0.15) is 7.43 Å². The van der Waals surface area contributed by atoms with Crippen LogP contribution in [0.25, 0.3) is 180 Å². The van der Waals surface area contributed by atoms with Gasteiger partial charge in [0, 0.05) is 66.1 Å². The first kappa shape index (κ1) is 65.0. The molecule has 0 aliphatic carbocycles. The summed E-state index contributed by atoms with van der Waals surface area (Å²) in [5.41, 5.74) is 16.5. The van der Waals surface area contributed by atoms with Gasteiger partial charge in [-0.2, -0.15) is 9.97 Å². The van der Waals surface area contributed by atoms with Crippen molar-refractivity contribution in [3.63, 3.8) is 0 Å². The average Bonchev–Trinajstić information content (AvgIpc) is 1.71. The number of hydrogen-bond donors (Lipinski definition) is 0. The number of thiophene rings is 1. The second-order valence-electron chi connectivity index (χ2n) is 25.2. The number of aromatic nitrogens is 6. The Balaban J connectivity index is 0.000000136. The van der Waals surface area contributed by atoms with Gasteiger partial charge in [-0.05, 0) is 136 Å². The smallest absolute Gasteiger partial charge is 0.868 e. The summed E-state index contributed by atoms with van der Waals surface area (Å²) in [6.45, 7) is 0. The van der Waals surface area contributed by atoms with Crippen molar-refractivity contribution in [3.05, 3.63) is 358 Å². The van der Waals surface area contributed by atoms with Crippen molar-refractivity contribution in [2.75, 3.05) is 0 Å². The molecule has 0 saturated heterocycles. The molecule has 482 valence electrons. The van der Waals surface area contributed by atoms with E-state index in [1.54, 1.807) is 18.3 Å². The molecule has 0 amide bonds. The van der Waals surface area contributed by atoms with Gasteiger partial charge in [-0.3, -0.25) is 9.55 Å². The maximum absolute atomic E-state index is 11.1. The monoisotopic (exact) mass is 1330 g/mol. The maximum Gasteiger partial charge on any atom is 1.00 e. The van der Waals surface area contributed by atoms with Gasteiger partial charge in [-0.1, -0.05) is 299 Å². The van der Waals surface area contributed by atoms with Gasteiger partial charge in [0.2, 0.25) is 11.5 Å². The van der Waals surface area contributed by atoms with Crippen LogP contribution < -0.4 is 29.0 Å². The van der Waals surface area contributed by atoms with E-state index in [-0.39, 0.29) is 32.0 Å². The molecule has 0 atom stereocenters. The van der Waals surface area contributed by atoms with E-state index in [9.17, 15) is 5.11 Å². The molecular weight excluding hydrogens is 1270 g/mol. The number of benzene rings is 15. The summed E-state index contributed by atoms with van der Waals surface area (Å²) in [6.07, 6.45) is 3.72. The van der Waals surface area contributed by atoms with E-state index in [1.165, 1.54) is 96.6 Å². The van der Waals surface area contributed by atoms with Crippen molar-refractivity contribution in [1.82, 2.24) is 24.5 Å². The number of fused-ring (bicyclic) bond motifs is 11. The van der Waals surface area contributed by atoms with Gasteiger partial charge in [-0.15, -0.1) is 11.3 Å². The van der Waals surface area contributed by atoms with Crippen molar-refractivity contribution in [2.45, 2.75) is 7.43 Å². The van der Waals surface area contributed by atoms with E-state index in [1.807, 2.05) is 102 Å². The fourth-order valence-electron chi connectivity index (χ4n) is 14.4. The molecule has 103 heavy (non-hydrogen) atoms. The predicted molar refractivity (Wildman–Crippen MR) is 426 cm³/mol. The first-order chi connectivity index (χ1) is 50.0. The summed E-state index contributed by atoms with van der Waals surface area (Å²) in [4.78, 5) is 23.0. The molecule has 20 aromatic rings. The minimum Gasteiger partial charge on any atom is -0.868 e. The molecule has 9 heteroatoms. The SMILES string of the molecule is C.[Li+].[O-]c1cccc2ccc[nH+]c12.c1ccc(-c2ccc(-c3cccc4c5ccccc5n(-c5nc(-c6ccccc6)nc(-c6ccccc6)n5)c34)cc2)cc1.c1ccc2cc(-c3c4ccccc4c(-c4ccc5ccccc5c4)c4cc(-c5nccc6c5sc5ccccc56)ccc34)ccc2c1. The second-order valence-corrected chi connectivity index (χ2v) is 26.3. The van der Waals surface area contributed by atoms with Gasteiger partial charge in [0.1, 0.15) is 0 Å². The van der Waals surface area contributed by atoms with Gasteiger partial charge in [0.05, 0.1) is 21.4 Å². The van der Waals surface area contributed by atoms with Crippen LogP contribution in [0.3, 0.4) is 0 Å². The standard InChI is InChI=1S/C45H27NS.C39H26N4.C9H7NO.CH4.Li/c1-3-11-30-25-32(19-17-28(30)9-1)42-36-14-5-6-15-37(36)43(33-20-18-29-10-2-4-12-31(29)26-33)40-27-34(21-22-38(40)42)44-45-39(23-24-46-44)35-13-7-8-16-41(35)47-45;1-4-13-27(14-5-1)28-23-25-29(26-24-28)32-20-12-21-34-33-19-10-11-22-35(33)43(36(32)34)39-41-37(30-15-6-2-7-16-30)40-38(42-39)31-17-8-3-9-18-31;11-8-5-1-3-7-4-2-6-10-9(7)8;;/h1-27H;1-26H;1-6,11H;1H4;/q;;;;+1. The fourth-order valence-corrected chi connectivity index (χ4v) is 15.7. The minimum absolute atomic E-state index is 0. The van der Waals surface area contributed by atoms with E-state index < -0.39 is 0 Å². The molecule has 0 aliphatic rings. The summed E-state index contributed by atoms with van der Waals surface area (Å²) >= 11 is 1.83. The zero-order valence-electron chi connectivity index (χ0n) is 55.6. The summed E-state index contributed by atoms with van der Waals surface area (Å²) in [5, 5.41) is 27.0. The summed E-state index contributed by atoms with van der Waals surface area (Å²) in [6, 6.07) is 121. The van der Waals surface area contributed by atoms with Crippen molar-refractivity contribution in [2.24, 2.45) is 0 Å². The second kappa shape index (κ2) is 28.2. The molecule has 0 saturated carbocycles. The van der Waals surface area contributed by atoms with E-state index in [2.05, 4.69) is 258 Å². The largest absolute Gasteiger partial charge is 1.00 e. The minimum atomic E-state index is 0. The Bertz CT molecular complexity index is 6480. The number of pyridine rings is 2. The molecule has 5 aromatic heterocycles. The number of aromatic amines is 1. The first-order valence-corrected chi connectivity index (χ1v) is 34.7. The van der Waals surface area contributed by atoms with Gasteiger partial charge in [0.15, 0.2) is 17.8 Å². The van der Waals surface area contributed by atoms with Crippen LogP contribution in [-0.4, -0.2) is 24.5 Å². The Kier molecular flexibility index (Phi) is 17.8. The van der Waals surface area contributed by atoms with Gasteiger partial charge < -0.3 is 5.11 Å². The third kappa shape index (κ3) is 12.2. The predicted octanol–water partition coefficient (Wildman–Crippen LogP) is 21.1. The Hall–Kier alpha value is -12.7. The molecule has 15 aromatic carbocycles. The third-order valence-electron chi connectivity index (χ3n) is 19.2. The molecule has 5 heterocycles. The van der Waals surface area contributed by atoms with Gasteiger partial charge in [-0.25, -0.2) is 9.97 Å². The van der Waals surface area contributed by atoms with E-state index >= 15 is 0 Å². The number of nitrogens with zero attached hydrogens (tertiary/aromatic N) is 5. The number of H-pyrrole nitrogens is 1. The zero-order valence-corrected chi connectivity index (χ0v) is 56.4. The van der Waals surface area contributed by atoms with Crippen LogP contribution in [0.15, 0.2) is 358 Å². The van der Waals surface area contributed by atoms with Crippen LogP contribution in [-0.2, 0) is 0 Å². The summed E-state index contributed by atoms with van der Waals surface area (Å²) in [7, 11) is 0. The third-order valence-corrected chi connectivity index (χ3v) is 20.4. The van der Waals surface area contributed by atoms with Crippen molar-refractivity contribution in [1.29, 1.82) is 0 Å². The number of nitrogens with one attached hydrogen (secondary N) is 1. The van der Waals surface area contributed by atoms with Crippen molar-refractivity contribution >= 4 is 107 Å². The van der Waals surface area contributed by atoms with Crippen molar-refractivity contribution in [3.8, 4) is 90.2 Å². The molecule has 7 nitrogen and oxygen atoms in total. The van der Waals surface area contributed by atoms with E-state index in [4.69, 9.17) is 19.9 Å². The Morgan fingerprint density at radius 2 is 0.816 bits per heavy atom. The Morgan fingerprint density at radius 3 is 1.47 bits per heavy atom. The van der Waals surface area contributed by atoms with Crippen LogP contribution in [0.5, 0.6) is 5.75 Å². The molecule has 0 fully saturated rings. The maximum atomic E-state index is 11.1. The summed E-state index contributed by atoms with van der Waals surface area (Å²) < 4.78 is 4.72. The van der Waals surface area contributed by atoms with Crippen LogP contribution in [0.2, 0.25) is 0 Å². The topological polar surface area (TPSA) is 93.7 Å². The molecule has 0 bridgehead atoms. The first-order valence-electron chi connectivity index (χ1n) is 33.9. The molecule has 0 spiro atoms. The van der Waals surface area contributed by atoms with Crippen molar-refractivity contribution < 1.29 is 29.0 Å². The molecule has 0 radical (unpaired) electrons. The Morgan fingerprint density at radius 1 is 0.330 bits per heavy atom. The van der Waals surface area contributed by atoms with E-state index in [0.717, 1.165) is 60.7 Å². The summed E-state index contributed by atoms with van der Waals surface area (Å²) in [5.74, 6) is 1.91. The van der Waals surface area contributed by atoms with Gasteiger partial charge in [0.25, 0.3) is 0 Å². The molecule has 1 N–H and O–H groups in total. The molecule has 20 rings (SSSR count). The molecule has 0 aliphatic heterocycles. The number of para-hydroxylation sites is 3. The number of hydrogen-bond acceptors (Lipinski definition) is 6. The van der Waals surface area contributed by atoms with Crippen LogP contribution in [0.4, 0.5) is 0 Å². The average molecular weight is 1330 g/mol. The normalized spacial score (nSPS) is 11.2. The quantitative estimate of drug-likeness (QED) is 0.112. The molecule has 0 unspecified atom stereocenters. The molecular formula is C94H64LiN6OS+. The van der Waals surface area contributed by atoms with E-state index in [0.29, 0.717) is 23.1 Å². The zero-order chi connectivity index (χ0) is 67.2. The fraction of sp³-hybridized carbons (Fsp3) is 0.0106. The van der Waals surface area contributed by atoms with Gasteiger partial charge >= 0.3 is 18.9 Å². The number of rotatable bonds is 8. The Labute approximate surface area is 612 Å². The van der Waals surface area contributed by atoms with Crippen LogP contribution in [0, 0.1) is 0 Å². The van der Waals surface area contributed by atoms with Crippen LogP contribution >= 0.6 is 11.3 Å².